The molecule has 0 aromatic heterocycles. The normalized spacial score (nSPS) is 20.7. The molecule has 3 heteroatoms. The van der Waals surface area contributed by atoms with E-state index in [9.17, 15) is 5.11 Å². The number of ether oxygens (including phenoxy) is 1. The fourth-order valence-corrected chi connectivity index (χ4v) is 2.83. The first kappa shape index (κ1) is 13.5. The lowest BCUT2D eigenvalue weighted by atomic mass is 9.72. The lowest BCUT2D eigenvalue weighted by molar-refractivity contribution is -0.0583. The van der Waals surface area contributed by atoms with Crippen molar-refractivity contribution in [2.24, 2.45) is 11.1 Å². The van der Waals surface area contributed by atoms with E-state index in [1.807, 2.05) is 6.07 Å². The average molecular weight is 249 g/mol. The Morgan fingerprint density at radius 2 is 2.00 bits per heavy atom. The molecule has 1 atom stereocenters. The molecule has 1 aliphatic heterocycles. The predicted molar refractivity (Wildman–Crippen MR) is 72.4 cm³/mol. The van der Waals surface area contributed by atoms with Crippen molar-refractivity contribution in [3.63, 3.8) is 0 Å². The first-order valence-corrected chi connectivity index (χ1v) is 6.62. The molecule has 3 N–H and O–H groups in total. The Morgan fingerprint density at radius 3 is 2.56 bits per heavy atom. The van der Waals surface area contributed by atoms with Gasteiger partial charge in [0.2, 0.25) is 0 Å². The fraction of sp³-hybridized carbons (Fsp3) is 0.600. The van der Waals surface area contributed by atoms with Crippen LogP contribution in [0.15, 0.2) is 18.2 Å². The third-order valence-electron chi connectivity index (χ3n) is 4.20. The van der Waals surface area contributed by atoms with Gasteiger partial charge in [-0.1, -0.05) is 23.8 Å². The molecular weight excluding hydrogens is 226 g/mol. The molecule has 18 heavy (non-hydrogen) atoms. The minimum absolute atomic E-state index is 0.224. The van der Waals surface area contributed by atoms with Gasteiger partial charge in [-0.2, -0.15) is 0 Å². The summed E-state index contributed by atoms with van der Waals surface area (Å²) in [5, 5.41) is 10.7. The summed E-state index contributed by atoms with van der Waals surface area (Å²) < 4.78 is 5.40. The summed E-state index contributed by atoms with van der Waals surface area (Å²) in [6, 6.07) is 6.19. The van der Waals surface area contributed by atoms with Gasteiger partial charge in [0.1, 0.15) is 0 Å². The summed E-state index contributed by atoms with van der Waals surface area (Å²) in [4.78, 5) is 0. The number of aliphatic hydroxyl groups is 1. The van der Waals surface area contributed by atoms with E-state index < -0.39 is 6.10 Å². The maximum absolute atomic E-state index is 10.7. The molecule has 1 heterocycles. The second-order valence-electron chi connectivity index (χ2n) is 5.44. The Bertz CT molecular complexity index is 411. The molecule has 2 rings (SSSR count). The van der Waals surface area contributed by atoms with Gasteiger partial charge in [0.25, 0.3) is 0 Å². The Hall–Kier alpha value is -0.900. The highest BCUT2D eigenvalue weighted by atomic mass is 16.5. The molecular formula is C15H23NO2. The maximum Gasteiger partial charge on any atom is 0.0862 e. The Morgan fingerprint density at radius 1 is 1.33 bits per heavy atom. The van der Waals surface area contributed by atoms with Gasteiger partial charge in [-0.25, -0.2) is 0 Å². The highest BCUT2D eigenvalue weighted by molar-refractivity contribution is 5.33. The van der Waals surface area contributed by atoms with Gasteiger partial charge >= 0.3 is 0 Å². The zero-order valence-electron chi connectivity index (χ0n) is 11.3. The summed E-state index contributed by atoms with van der Waals surface area (Å²) in [6.45, 7) is 6.01. The van der Waals surface area contributed by atoms with E-state index in [0.717, 1.165) is 24.0 Å². The number of aliphatic hydroxyl groups excluding tert-OH is 1. The third-order valence-corrected chi connectivity index (χ3v) is 4.20. The van der Waals surface area contributed by atoms with E-state index in [0.29, 0.717) is 19.8 Å². The SMILES string of the molecule is Cc1ccc(C(O)C2(CN)CCOCC2)c(C)c1. The van der Waals surface area contributed by atoms with Crippen molar-refractivity contribution in [3.8, 4) is 0 Å². The van der Waals surface area contributed by atoms with Crippen LogP contribution in [0.2, 0.25) is 0 Å². The zero-order chi connectivity index (χ0) is 13.2. The molecule has 100 valence electrons. The molecule has 3 nitrogen and oxygen atoms in total. The first-order chi connectivity index (χ1) is 8.59. The number of hydrogen-bond acceptors (Lipinski definition) is 3. The van der Waals surface area contributed by atoms with Crippen molar-refractivity contribution >= 4 is 0 Å². The minimum atomic E-state index is -0.494. The van der Waals surface area contributed by atoms with Gasteiger partial charge < -0.3 is 15.6 Å². The third kappa shape index (κ3) is 2.44. The molecule has 0 radical (unpaired) electrons. The van der Waals surface area contributed by atoms with Crippen LogP contribution in [0.25, 0.3) is 0 Å². The van der Waals surface area contributed by atoms with Crippen molar-refractivity contribution in [1.29, 1.82) is 0 Å². The van der Waals surface area contributed by atoms with Crippen LogP contribution in [0.5, 0.6) is 0 Å². The van der Waals surface area contributed by atoms with Gasteiger partial charge in [-0.05, 0) is 37.8 Å². The van der Waals surface area contributed by atoms with Crippen molar-refractivity contribution in [3.05, 3.63) is 34.9 Å². The molecule has 1 aliphatic rings. The summed E-state index contributed by atoms with van der Waals surface area (Å²) in [7, 11) is 0. The Labute approximate surface area is 109 Å². The quantitative estimate of drug-likeness (QED) is 0.862. The van der Waals surface area contributed by atoms with E-state index in [4.69, 9.17) is 10.5 Å². The van der Waals surface area contributed by atoms with Crippen molar-refractivity contribution < 1.29 is 9.84 Å². The molecule has 1 saturated heterocycles. The predicted octanol–water partition coefficient (Wildman–Crippen LogP) is 2.09. The van der Waals surface area contributed by atoms with E-state index >= 15 is 0 Å². The van der Waals surface area contributed by atoms with E-state index in [-0.39, 0.29) is 5.41 Å². The molecule has 0 saturated carbocycles. The second-order valence-corrected chi connectivity index (χ2v) is 5.44. The van der Waals surface area contributed by atoms with Gasteiger partial charge in [0.05, 0.1) is 6.10 Å². The highest BCUT2D eigenvalue weighted by Gasteiger charge is 2.39. The largest absolute Gasteiger partial charge is 0.388 e. The smallest absolute Gasteiger partial charge is 0.0862 e. The van der Waals surface area contributed by atoms with Gasteiger partial charge in [0.15, 0.2) is 0 Å². The average Bonchev–Trinajstić information content (AvgIpc) is 2.39. The Kier molecular flexibility index (Phi) is 4.05. The summed E-state index contributed by atoms with van der Waals surface area (Å²) in [6.07, 6.45) is 1.17. The van der Waals surface area contributed by atoms with Crippen LogP contribution >= 0.6 is 0 Å². The van der Waals surface area contributed by atoms with Crippen LogP contribution in [-0.4, -0.2) is 24.9 Å². The molecule has 1 fully saturated rings. The summed E-state index contributed by atoms with van der Waals surface area (Å²) >= 11 is 0. The number of benzene rings is 1. The van der Waals surface area contributed by atoms with Crippen molar-refractivity contribution in [2.75, 3.05) is 19.8 Å². The second kappa shape index (κ2) is 5.39. The van der Waals surface area contributed by atoms with Crippen LogP contribution in [0.1, 0.15) is 35.6 Å². The lowest BCUT2D eigenvalue weighted by Gasteiger charge is -2.40. The topological polar surface area (TPSA) is 55.5 Å². The minimum Gasteiger partial charge on any atom is -0.388 e. The van der Waals surface area contributed by atoms with Crippen LogP contribution in [0, 0.1) is 19.3 Å². The molecule has 1 unspecified atom stereocenters. The van der Waals surface area contributed by atoms with Gasteiger partial charge in [-0.15, -0.1) is 0 Å². The van der Waals surface area contributed by atoms with Crippen LogP contribution in [-0.2, 0) is 4.74 Å². The van der Waals surface area contributed by atoms with Crippen LogP contribution in [0.3, 0.4) is 0 Å². The van der Waals surface area contributed by atoms with E-state index in [1.165, 1.54) is 5.56 Å². The molecule has 0 aliphatic carbocycles. The van der Waals surface area contributed by atoms with Gasteiger partial charge in [-0.3, -0.25) is 0 Å². The van der Waals surface area contributed by atoms with Crippen LogP contribution < -0.4 is 5.73 Å². The first-order valence-electron chi connectivity index (χ1n) is 6.62. The van der Waals surface area contributed by atoms with E-state index in [2.05, 4.69) is 26.0 Å². The molecule has 1 aromatic rings. The molecule has 0 amide bonds. The molecule has 1 aromatic carbocycles. The fourth-order valence-electron chi connectivity index (χ4n) is 2.83. The zero-order valence-corrected chi connectivity index (χ0v) is 11.3. The van der Waals surface area contributed by atoms with Crippen molar-refractivity contribution in [2.45, 2.75) is 32.8 Å². The Balaban J connectivity index is 2.30. The monoisotopic (exact) mass is 249 g/mol. The number of rotatable bonds is 3. The number of hydrogen-bond donors (Lipinski definition) is 2. The number of aryl methyl sites for hydroxylation is 2. The maximum atomic E-state index is 10.7. The highest BCUT2D eigenvalue weighted by Crippen LogP contribution is 2.42. The molecule has 0 bridgehead atoms. The van der Waals surface area contributed by atoms with Crippen LogP contribution in [0.4, 0.5) is 0 Å². The lowest BCUT2D eigenvalue weighted by Crippen LogP contribution is -2.41. The standard InChI is InChI=1S/C15H23NO2/c1-11-3-4-13(12(2)9-11)14(17)15(10-16)5-7-18-8-6-15/h3-4,9,14,17H,5-8,10,16H2,1-2H3. The summed E-state index contributed by atoms with van der Waals surface area (Å²) in [5.41, 5.74) is 9.08. The van der Waals surface area contributed by atoms with E-state index in [1.54, 1.807) is 0 Å². The summed E-state index contributed by atoms with van der Waals surface area (Å²) in [5.74, 6) is 0. The number of nitrogens with two attached hydrogens (primary N) is 1. The van der Waals surface area contributed by atoms with Crippen molar-refractivity contribution in [1.82, 2.24) is 0 Å². The van der Waals surface area contributed by atoms with Gasteiger partial charge in [0, 0.05) is 25.2 Å². The molecule has 0 spiro atoms.